The van der Waals surface area contributed by atoms with Crippen molar-refractivity contribution >= 4 is 11.6 Å². The first-order valence-corrected chi connectivity index (χ1v) is 8.12. The fraction of sp³-hybridized carbons (Fsp3) is 0.368. The quantitative estimate of drug-likeness (QED) is 0.773. The van der Waals surface area contributed by atoms with Crippen LogP contribution in [-0.2, 0) is 5.41 Å². The van der Waals surface area contributed by atoms with Crippen molar-refractivity contribution in [1.29, 1.82) is 0 Å². The molecule has 2 rings (SSSR count). The summed E-state index contributed by atoms with van der Waals surface area (Å²) in [7, 11) is 0. The van der Waals surface area contributed by atoms with Crippen LogP contribution < -0.4 is 0 Å². The van der Waals surface area contributed by atoms with Gasteiger partial charge in [-0.25, -0.2) is 4.39 Å². The van der Waals surface area contributed by atoms with Gasteiger partial charge in [-0.15, -0.1) is 11.6 Å². The topological polar surface area (TPSA) is 40.5 Å². The van der Waals surface area contributed by atoms with E-state index in [9.17, 15) is 14.6 Å². The second-order valence-corrected chi connectivity index (χ2v) is 6.52. The minimum absolute atomic E-state index is 0.168. The zero-order valence-electron chi connectivity index (χ0n) is 13.3. The molecule has 4 heteroatoms. The average molecular weight is 337 g/mol. The lowest BCUT2D eigenvalue weighted by molar-refractivity contribution is 0.142. The van der Waals surface area contributed by atoms with Crippen molar-refractivity contribution in [2.24, 2.45) is 0 Å². The van der Waals surface area contributed by atoms with Crippen LogP contribution in [0.3, 0.4) is 0 Å². The van der Waals surface area contributed by atoms with E-state index >= 15 is 0 Å². The molecule has 0 fully saturated rings. The maximum atomic E-state index is 12.5. The molecule has 0 saturated heterocycles. The first-order valence-electron chi connectivity index (χ1n) is 7.59. The van der Waals surface area contributed by atoms with Gasteiger partial charge in [-0.05, 0) is 22.3 Å². The lowest BCUT2D eigenvalue weighted by atomic mass is 9.77. The monoisotopic (exact) mass is 336 g/mol. The fourth-order valence-electron chi connectivity index (χ4n) is 2.59. The van der Waals surface area contributed by atoms with Gasteiger partial charge in [0.05, 0.1) is 12.0 Å². The number of alkyl halides is 2. The minimum Gasteiger partial charge on any atom is -0.387 e. The number of hydrogen-bond donors (Lipinski definition) is 2. The summed E-state index contributed by atoms with van der Waals surface area (Å²) in [5.74, 6) is 0.168. The predicted octanol–water partition coefficient (Wildman–Crippen LogP) is 4.29. The number of rotatable bonds is 6. The number of halogens is 2. The summed E-state index contributed by atoms with van der Waals surface area (Å²) >= 11 is 5.67. The van der Waals surface area contributed by atoms with Crippen LogP contribution in [0.15, 0.2) is 48.5 Å². The summed E-state index contributed by atoms with van der Waals surface area (Å²) in [6, 6.07) is 15.1. The molecule has 23 heavy (non-hydrogen) atoms. The third kappa shape index (κ3) is 3.92. The molecule has 0 spiro atoms. The highest BCUT2D eigenvalue weighted by molar-refractivity contribution is 6.18. The van der Waals surface area contributed by atoms with Crippen LogP contribution in [0.2, 0.25) is 0 Å². The van der Waals surface area contributed by atoms with Crippen molar-refractivity contribution in [1.82, 2.24) is 0 Å². The number of benzene rings is 2. The highest BCUT2D eigenvalue weighted by Crippen LogP contribution is 2.33. The number of hydrogen-bond acceptors (Lipinski definition) is 2. The molecule has 2 nitrogen and oxygen atoms in total. The Morgan fingerprint density at radius 1 is 0.870 bits per heavy atom. The normalized spacial score (nSPS) is 14.5. The molecule has 124 valence electrons. The van der Waals surface area contributed by atoms with Gasteiger partial charge in [0, 0.05) is 5.41 Å². The van der Waals surface area contributed by atoms with E-state index in [4.69, 9.17) is 11.6 Å². The molecule has 2 unspecified atom stereocenters. The van der Waals surface area contributed by atoms with Gasteiger partial charge in [0.1, 0.15) is 12.8 Å². The molecule has 0 aliphatic carbocycles. The second-order valence-electron chi connectivity index (χ2n) is 6.21. The van der Waals surface area contributed by atoms with Crippen molar-refractivity contribution in [3.05, 3.63) is 70.8 Å². The molecular formula is C19H22ClFO2. The van der Waals surface area contributed by atoms with Crippen LogP contribution in [0.4, 0.5) is 4.39 Å². The zero-order valence-corrected chi connectivity index (χ0v) is 14.1. The van der Waals surface area contributed by atoms with Crippen LogP contribution in [0, 0.1) is 0 Å². The van der Waals surface area contributed by atoms with Gasteiger partial charge in [-0.3, -0.25) is 0 Å². The highest BCUT2D eigenvalue weighted by atomic mass is 35.5. The minimum atomic E-state index is -1.07. The molecule has 0 radical (unpaired) electrons. The third-order valence-corrected chi connectivity index (χ3v) is 4.62. The van der Waals surface area contributed by atoms with E-state index in [0.717, 1.165) is 16.7 Å². The summed E-state index contributed by atoms with van der Waals surface area (Å²) in [5, 5.41) is 19.3. The third-order valence-electron chi connectivity index (χ3n) is 4.33. The first-order chi connectivity index (χ1) is 10.9. The Bertz CT molecular complexity index is 567. The number of aliphatic hydroxyl groups is 2. The Hall–Kier alpha value is -1.42. The molecule has 2 N–H and O–H groups in total. The Morgan fingerprint density at radius 3 is 1.61 bits per heavy atom. The van der Waals surface area contributed by atoms with Crippen molar-refractivity contribution in [3.63, 3.8) is 0 Å². The number of aliphatic hydroxyl groups excluding tert-OH is 2. The van der Waals surface area contributed by atoms with Crippen LogP contribution in [-0.4, -0.2) is 22.8 Å². The van der Waals surface area contributed by atoms with Gasteiger partial charge in [0.2, 0.25) is 0 Å². The van der Waals surface area contributed by atoms with Gasteiger partial charge >= 0.3 is 0 Å². The van der Waals surface area contributed by atoms with Gasteiger partial charge in [-0.2, -0.15) is 0 Å². The van der Waals surface area contributed by atoms with E-state index in [1.54, 1.807) is 12.1 Å². The van der Waals surface area contributed by atoms with E-state index in [2.05, 4.69) is 13.8 Å². The molecule has 2 aromatic carbocycles. The Morgan fingerprint density at radius 2 is 1.26 bits per heavy atom. The van der Waals surface area contributed by atoms with Crippen molar-refractivity contribution in [2.75, 3.05) is 12.6 Å². The summed E-state index contributed by atoms with van der Waals surface area (Å²) in [4.78, 5) is 0. The van der Waals surface area contributed by atoms with Gasteiger partial charge in [0.15, 0.2) is 0 Å². The summed E-state index contributed by atoms with van der Waals surface area (Å²) < 4.78 is 12.5. The fourth-order valence-corrected chi connectivity index (χ4v) is 2.77. The first kappa shape index (κ1) is 17.9. The Balaban J connectivity index is 2.26. The maximum absolute atomic E-state index is 12.5. The van der Waals surface area contributed by atoms with Gasteiger partial charge in [-0.1, -0.05) is 62.4 Å². The molecule has 2 atom stereocenters. The lowest BCUT2D eigenvalue weighted by Crippen LogP contribution is -2.19. The molecule has 0 bridgehead atoms. The molecule has 0 saturated carbocycles. The Labute approximate surface area is 141 Å². The van der Waals surface area contributed by atoms with Gasteiger partial charge in [0.25, 0.3) is 0 Å². The molecular weight excluding hydrogens is 315 g/mol. The zero-order chi connectivity index (χ0) is 17.0. The van der Waals surface area contributed by atoms with E-state index in [0.29, 0.717) is 5.56 Å². The largest absolute Gasteiger partial charge is 0.387 e. The summed E-state index contributed by atoms with van der Waals surface area (Å²) in [6.45, 7) is 3.41. The van der Waals surface area contributed by atoms with Crippen LogP contribution in [0.25, 0.3) is 0 Å². The maximum Gasteiger partial charge on any atom is 0.119 e. The Kier molecular flexibility index (Phi) is 5.79. The van der Waals surface area contributed by atoms with E-state index < -0.39 is 18.9 Å². The van der Waals surface area contributed by atoms with E-state index in [1.807, 2.05) is 36.4 Å². The molecule has 0 heterocycles. The van der Waals surface area contributed by atoms with Crippen molar-refractivity contribution in [2.45, 2.75) is 31.5 Å². The van der Waals surface area contributed by atoms with Gasteiger partial charge < -0.3 is 10.2 Å². The smallest absolute Gasteiger partial charge is 0.119 e. The second kappa shape index (κ2) is 7.43. The molecule has 0 aromatic heterocycles. The average Bonchev–Trinajstić information content (AvgIpc) is 2.60. The van der Waals surface area contributed by atoms with Crippen molar-refractivity contribution < 1.29 is 14.6 Å². The summed E-state index contributed by atoms with van der Waals surface area (Å²) in [6.07, 6.45) is -1.72. The highest BCUT2D eigenvalue weighted by Gasteiger charge is 2.23. The van der Waals surface area contributed by atoms with E-state index in [-0.39, 0.29) is 11.3 Å². The van der Waals surface area contributed by atoms with Crippen molar-refractivity contribution in [3.8, 4) is 0 Å². The molecule has 2 aromatic rings. The van der Waals surface area contributed by atoms with E-state index in [1.165, 1.54) is 0 Å². The molecule has 0 amide bonds. The van der Waals surface area contributed by atoms with Crippen LogP contribution >= 0.6 is 11.6 Å². The summed E-state index contributed by atoms with van der Waals surface area (Å²) in [5.41, 5.74) is 3.29. The molecule has 0 aliphatic heterocycles. The molecule has 0 aliphatic rings. The van der Waals surface area contributed by atoms with Crippen LogP contribution in [0.1, 0.15) is 48.3 Å². The lowest BCUT2D eigenvalue weighted by Gasteiger charge is -2.27. The standard InChI is InChI=1S/C19H22ClFO2/c1-19(2,15-7-3-13(4-8-15)17(22)11-20)16-9-5-14(6-10-16)18(23)12-21/h3-10,17-18,22-23H,11-12H2,1-2H3. The van der Waals surface area contributed by atoms with Crippen LogP contribution in [0.5, 0.6) is 0 Å². The predicted molar refractivity (Wildman–Crippen MR) is 91.6 cm³/mol. The SMILES string of the molecule is CC(C)(c1ccc(C(O)CF)cc1)c1ccc(C(O)CCl)cc1.